The van der Waals surface area contributed by atoms with Gasteiger partial charge in [0.05, 0.1) is 19.2 Å². The van der Waals surface area contributed by atoms with Crippen molar-refractivity contribution in [2.24, 2.45) is 0 Å². The maximum atomic E-state index is 16.0. The van der Waals surface area contributed by atoms with Crippen LogP contribution in [0.25, 0.3) is 61.3 Å². The summed E-state index contributed by atoms with van der Waals surface area (Å²) in [5.74, 6) is 0.782. The molecule has 8 rings (SSSR count). The van der Waals surface area contributed by atoms with Gasteiger partial charge in [0, 0.05) is 46.1 Å². The monoisotopic (exact) mass is 886 g/mol. The Kier molecular flexibility index (Phi) is 8.44. The van der Waals surface area contributed by atoms with Crippen molar-refractivity contribution in [2.45, 2.75) is 47.2 Å². The fourth-order valence-corrected chi connectivity index (χ4v) is 6.99. The molecule has 0 amide bonds. The minimum Gasteiger partial charge on any atom is -0.500 e. The summed E-state index contributed by atoms with van der Waals surface area (Å²) in [5, 5.41) is 7.28. The molecule has 0 aliphatic heterocycles. The Morgan fingerprint density at radius 2 is 1.56 bits per heavy atom. The van der Waals surface area contributed by atoms with Gasteiger partial charge >= 0.3 is 0 Å². The van der Waals surface area contributed by atoms with Crippen LogP contribution in [0.5, 0.6) is 0 Å². The average molecular weight is 886 g/mol. The molecule has 1 radical (unpaired) electrons. The molecule has 9 heteroatoms. The van der Waals surface area contributed by atoms with Gasteiger partial charge in [-0.15, -0.1) is 53.6 Å². The Hall–Kier alpha value is -5.08. The van der Waals surface area contributed by atoms with Gasteiger partial charge in [0.2, 0.25) is 0 Å². The van der Waals surface area contributed by atoms with E-state index in [0.29, 0.717) is 50.7 Å². The molecule has 4 aromatic heterocycles. The molecule has 0 saturated heterocycles. The number of aryl methyl sites for hydroxylation is 4. The van der Waals surface area contributed by atoms with E-state index in [1.54, 1.807) is 23.7 Å². The van der Waals surface area contributed by atoms with Crippen LogP contribution in [0, 0.1) is 45.5 Å². The maximum Gasteiger partial charge on any atom is 0.150 e. The second kappa shape index (κ2) is 14.9. The van der Waals surface area contributed by atoms with E-state index in [9.17, 15) is 0 Å². The number of fused-ring (bicyclic) bond motifs is 3. The van der Waals surface area contributed by atoms with Gasteiger partial charge in [0.1, 0.15) is 28.7 Å². The molecular weight excluding hydrogens is 842 g/mol. The molecule has 0 spiro atoms. The quantitative estimate of drug-likeness (QED) is 0.127. The Morgan fingerprint density at radius 1 is 0.808 bits per heavy atom. The number of furan rings is 1. The molecule has 0 aliphatic carbocycles. The second-order valence-electron chi connectivity index (χ2n) is 13.2. The fraction of sp³-hybridized carbons (Fsp3) is 0.163. The first-order valence-corrected chi connectivity index (χ1v) is 19.9. The molecule has 6 nitrogen and oxygen atoms in total. The van der Waals surface area contributed by atoms with Crippen LogP contribution in [0.1, 0.15) is 31.0 Å². The largest absolute Gasteiger partial charge is 0.500 e. The predicted molar refractivity (Wildman–Crippen MR) is 207 cm³/mol. The van der Waals surface area contributed by atoms with Gasteiger partial charge in [0.15, 0.2) is 0 Å². The van der Waals surface area contributed by atoms with E-state index in [-0.39, 0.29) is 31.2 Å². The van der Waals surface area contributed by atoms with Crippen molar-refractivity contribution in [1.82, 2.24) is 24.7 Å². The summed E-state index contributed by atoms with van der Waals surface area (Å²) < 4.78 is 67.8. The Balaban J connectivity index is 0.000000230. The van der Waals surface area contributed by atoms with Crippen LogP contribution >= 0.6 is 0 Å². The van der Waals surface area contributed by atoms with Crippen molar-refractivity contribution < 1.29 is 37.1 Å². The van der Waals surface area contributed by atoms with Crippen LogP contribution < -0.4 is 5.19 Å². The zero-order valence-electron chi connectivity index (χ0n) is 35.2. The fourth-order valence-electron chi connectivity index (χ4n) is 5.96. The van der Waals surface area contributed by atoms with Gasteiger partial charge in [-0.1, -0.05) is 92.0 Å². The normalized spacial score (nSPS) is 13.5. The van der Waals surface area contributed by atoms with Crippen molar-refractivity contribution in [3.8, 4) is 39.3 Å². The van der Waals surface area contributed by atoms with E-state index in [4.69, 9.17) is 17.6 Å². The summed E-state index contributed by atoms with van der Waals surface area (Å²) in [6, 6.07) is 32.9. The Morgan fingerprint density at radius 3 is 2.17 bits per heavy atom. The Labute approximate surface area is 326 Å². The summed E-state index contributed by atoms with van der Waals surface area (Å²) in [4.78, 5) is 13.2. The first-order valence-electron chi connectivity index (χ1n) is 19.4. The number of hydrogen-bond donors (Lipinski definition) is 0. The zero-order valence-corrected chi connectivity index (χ0v) is 32.6. The summed E-state index contributed by atoms with van der Waals surface area (Å²) in [6.45, 7) is 6.17. The van der Waals surface area contributed by atoms with Gasteiger partial charge < -0.3 is 14.4 Å². The topological polar surface area (TPSA) is 69.6 Å². The molecule has 0 bridgehead atoms. The number of rotatable bonds is 5. The van der Waals surface area contributed by atoms with Crippen molar-refractivity contribution in [1.29, 1.82) is 0 Å². The first kappa shape index (κ1) is 29.5. The summed E-state index contributed by atoms with van der Waals surface area (Å²) in [5.41, 5.74) is 6.08. The third-order valence-electron chi connectivity index (χ3n) is 8.54. The number of halogens is 1. The third kappa shape index (κ3) is 7.30. The van der Waals surface area contributed by atoms with Crippen LogP contribution in [-0.2, 0) is 20.1 Å². The van der Waals surface area contributed by atoms with Crippen LogP contribution in [0.3, 0.4) is 0 Å². The molecule has 0 saturated carbocycles. The van der Waals surface area contributed by atoms with Crippen molar-refractivity contribution >= 4 is 35.2 Å². The van der Waals surface area contributed by atoms with Crippen molar-refractivity contribution in [2.75, 3.05) is 0 Å². The van der Waals surface area contributed by atoms with Gasteiger partial charge in [0.25, 0.3) is 0 Å². The molecule has 0 unspecified atom stereocenters. The van der Waals surface area contributed by atoms with E-state index in [1.807, 2.05) is 61.7 Å². The second-order valence-corrected chi connectivity index (χ2v) is 18.3. The number of aromatic nitrogens is 5. The summed E-state index contributed by atoms with van der Waals surface area (Å²) >= 11 is 0. The minimum atomic E-state index is -2.18. The van der Waals surface area contributed by atoms with Crippen LogP contribution in [-0.4, -0.2) is 32.8 Å². The first-order chi connectivity index (χ1) is 26.9. The van der Waals surface area contributed by atoms with E-state index >= 15 is 4.39 Å². The Bertz CT molecular complexity index is 2650. The average Bonchev–Trinajstić information content (AvgIpc) is 3.71. The minimum absolute atomic E-state index is 0. The van der Waals surface area contributed by atoms with Crippen LogP contribution in [0.4, 0.5) is 4.39 Å². The summed E-state index contributed by atoms with van der Waals surface area (Å²) in [7, 11) is -1.48. The molecule has 0 atom stereocenters. The van der Waals surface area contributed by atoms with Gasteiger partial charge in [-0.3, -0.25) is 0 Å². The van der Waals surface area contributed by atoms with Crippen LogP contribution in [0.2, 0.25) is 19.6 Å². The van der Waals surface area contributed by atoms with E-state index in [1.165, 1.54) is 35.6 Å². The van der Waals surface area contributed by atoms with E-state index in [0.717, 1.165) is 22.2 Å². The molecule has 4 aromatic carbocycles. The molecule has 8 aromatic rings. The van der Waals surface area contributed by atoms with Crippen molar-refractivity contribution in [3.05, 3.63) is 144 Å². The molecule has 0 fully saturated rings. The van der Waals surface area contributed by atoms with Crippen molar-refractivity contribution in [3.63, 3.8) is 0 Å². The third-order valence-corrected chi connectivity index (χ3v) is 10.6. The number of pyridine rings is 2. The SMILES string of the molecule is Cc1nc(C)n(-c2c(F)cc3c(oc4c(-c5ccc([Si](C)(C)C)cn5)[c-]ccc43)c2-c2ccccc2)n1.[2H]C([2H])([2H])c1c[c-]c(-c2ccc(C([2H])([2H])[2H])cn2)cc1.[Ir]. The summed E-state index contributed by atoms with van der Waals surface area (Å²) in [6.07, 6.45) is 3.26. The van der Waals surface area contributed by atoms with Crippen LogP contribution in [0.15, 0.2) is 108 Å². The van der Waals surface area contributed by atoms with Gasteiger partial charge in [-0.25, -0.2) is 14.1 Å². The smallest absolute Gasteiger partial charge is 0.150 e. The standard InChI is InChI=1S/C30H26FN4OSi.C13H12N.Ir/c1-18-33-19(2)35(34-18)28-25(31)16-24-22-12-9-13-23(26-15-14-21(17-32-26)37(3,4)5)29(22)36-30(24)27(28)20-10-7-6-8-11-20;1-10-3-6-12(7-4-10)13-8-5-11(2)9-14-13;/h6-12,14-17H,1-5H3;3-6,8-9H,1-2H3;/q2*-1;/i;1D3,2D3;. The molecule has 263 valence electrons. The van der Waals surface area contributed by atoms with Gasteiger partial charge in [-0.05, 0) is 54.5 Å². The molecule has 0 aliphatic rings. The number of nitrogens with zero attached hydrogens (tertiary/aromatic N) is 5. The maximum absolute atomic E-state index is 16.0. The number of benzene rings is 4. The predicted octanol–water partition coefficient (Wildman–Crippen LogP) is 10.2. The number of hydrogen-bond acceptors (Lipinski definition) is 5. The molecular formula is C43H38FIrN5OSi-2. The zero-order chi connectivity index (χ0) is 40.9. The molecule has 4 heterocycles. The molecule has 52 heavy (non-hydrogen) atoms. The van der Waals surface area contributed by atoms with Gasteiger partial charge in [-0.2, -0.15) is 5.10 Å². The molecule has 0 N–H and O–H groups in total. The van der Waals surface area contributed by atoms with E-state index < -0.39 is 27.6 Å². The van der Waals surface area contributed by atoms with E-state index in [2.05, 4.69) is 52.9 Å².